The van der Waals surface area contributed by atoms with Crippen molar-refractivity contribution in [2.75, 3.05) is 6.54 Å². The maximum Gasteiger partial charge on any atom is 0.242 e. The Labute approximate surface area is 170 Å². The van der Waals surface area contributed by atoms with Crippen molar-refractivity contribution in [1.82, 2.24) is 10.2 Å². The molecule has 0 aliphatic carbocycles. The summed E-state index contributed by atoms with van der Waals surface area (Å²) in [5, 5.41) is 3.37. The van der Waals surface area contributed by atoms with Gasteiger partial charge in [0.25, 0.3) is 0 Å². The first-order chi connectivity index (χ1) is 13.3. The average molecular weight is 405 g/mol. The fraction of sp³-hybridized carbons (Fsp3) is 0.364. The van der Waals surface area contributed by atoms with Gasteiger partial charge in [-0.25, -0.2) is 4.39 Å². The molecule has 2 aromatic carbocycles. The Hall–Kier alpha value is -2.40. The Bertz CT molecular complexity index is 826. The highest BCUT2D eigenvalue weighted by Crippen LogP contribution is 2.20. The molecule has 2 aromatic rings. The van der Waals surface area contributed by atoms with Gasteiger partial charge in [0.1, 0.15) is 11.9 Å². The minimum Gasteiger partial charge on any atom is -0.354 e. The highest BCUT2D eigenvalue weighted by atomic mass is 35.5. The normalized spacial score (nSPS) is 11.9. The number of rotatable bonds is 8. The second kappa shape index (κ2) is 10.2. The summed E-state index contributed by atoms with van der Waals surface area (Å²) >= 11 is 6.25. The Morgan fingerprint density at radius 1 is 1.04 bits per heavy atom. The predicted molar refractivity (Wildman–Crippen MR) is 109 cm³/mol. The molecule has 4 nitrogen and oxygen atoms in total. The fourth-order valence-corrected chi connectivity index (χ4v) is 2.95. The molecule has 150 valence electrons. The van der Waals surface area contributed by atoms with E-state index >= 15 is 0 Å². The van der Waals surface area contributed by atoms with Gasteiger partial charge in [-0.15, -0.1) is 0 Å². The van der Waals surface area contributed by atoms with Crippen molar-refractivity contribution in [1.29, 1.82) is 0 Å². The maximum atomic E-state index is 14.0. The average Bonchev–Trinajstić information content (AvgIpc) is 2.66. The van der Waals surface area contributed by atoms with Crippen LogP contribution in [0.5, 0.6) is 0 Å². The number of nitrogens with one attached hydrogen (secondary N) is 1. The van der Waals surface area contributed by atoms with Gasteiger partial charge in [-0.1, -0.05) is 61.8 Å². The number of hydrogen-bond acceptors (Lipinski definition) is 2. The summed E-state index contributed by atoms with van der Waals surface area (Å²) in [6.45, 7) is 6.35. The van der Waals surface area contributed by atoms with Crippen LogP contribution in [0.1, 0.15) is 31.9 Å². The minimum absolute atomic E-state index is 0.126. The molecule has 0 aromatic heterocycles. The van der Waals surface area contributed by atoms with Gasteiger partial charge in [0.05, 0.1) is 6.42 Å². The molecule has 1 unspecified atom stereocenters. The molecule has 0 fully saturated rings. The molecule has 0 saturated carbocycles. The largest absolute Gasteiger partial charge is 0.354 e. The first kappa shape index (κ1) is 21.9. The molecule has 1 N–H and O–H groups in total. The van der Waals surface area contributed by atoms with Crippen LogP contribution in [0.4, 0.5) is 4.39 Å². The van der Waals surface area contributed by atoms with E-state index < -0.39 is 11.9 Å². The molecular formula is C22H26ClFN2O2. The molecule has 0 aliphatic rings. The van der Waals surface area contributed by atoms with E-state index in [1.165, 1.54) is 11.0 Å². The van der Waals surface area contributed by atoms with Crippen LogP contribution in [0.3, 0.4) is 0 Å². The molecule has 0 spiro atoms. The molecule has 1 atom stereocenters. The van der Waals surface area contributed by atoms with E-state index in [1.54, 1.807) is 37.3 Å². The third-order valence-electron chi connectivity index (χ3n) is 4.45. The van der Waals surface area contributed by atoms with Crippen LogP contribution in [0.25, 0.3) is 0 Å². The van der Waals surface area contributed by atoms with Crippen LogP contribution in [0, 0.1) is 11.7 Å². The standard InChI is InChI=1S/C22H26ClFN2O2/c1-15(2)13-25-22(28)16(3)26(14-18-9-4-6-10-19(18)23)21(27)12-17-8-5-7-11-20(17)24/h4-11,15-16H,12-14H2,1-3H3,(H,25,28). The fourth-order valence-electron chi connectivity index (χ4n) is 2.75. The van der Waals surface area contributed by atoms with Gasteiger partial charge < -0.3 is 10.2 Å². The van der Waals surface area contributed by atoms with Gasteiger partial charge in [-0.3, -0.25) is 9.59 Å². The summed E-state index contributed by atoms with van der Waals surface area (Å²) in [5.41, 5.74) is 1.03. The van der Waals surface area contributed by atoms with Crippen LogP contribution >= 0.6 is 11.6 Å². The van der Waals surface area contributed by atoms with E-state index in [2.05, 4.69) is 5.32 Å². The number of halogens is 2. The van der Waals surface area contributed by atoms with Crippen LogP contribution in [0.2, 0.25) is 5.02 Å². The molecule has 2 amide bonds. The van der Waals surface area contributed by atoms with Gasteiger partial charge in [0, 0.05) is 18.1 Å². The van der Waals surface area contributed by atoms with Gasteiger partial charge in [-0.2, -0.15) is 0 Å². The van der Waals surface area contributed by atoms with Crippen LogP contribution in [-0.2, 0) is 22.6 Å². The molecular weight excluding hydrogens is 379 g/mol. The topological polar surface area (TPSA) is 49.4 Å². The number of carbonyl (C=O) groups is 2. The van der Waals surface area contributed by atoms with Gasteiger partial charge in [0.2, 0.25) is 11.8 Å². The second-order valence-corrected chi connectivity index (χ2v) is 7.60. The first-order valence-corrected chi connectivity index (χ1v) is 9.71. The predicted octanol–water partition coefficient (Wildman–Crippen LogP) is 4.21. The molecule has 0 saturated heterocycles. The molecule has 0 radical (unpaired) electrons. The minimum atomic E-state index is -0.714. The maximum absolute atomic E-state index is 14.0. The van der Waals surface area contributed by atoms with Crippen molar-refractivity contribution < 1.29 is 14.0 Å². The van der Waals surface area contributed by atoms with Crippen molar-refractivity contribution in [3.63, 3.8) is 0 Å². The van der Waals surface area contributed by atoms with Crippen molar-refractivity contribution in [3.05, 3.63) is 70.5 Å². The summed E-state index contributed by atoms with van der Waals surface area (Å²) in [6, 6.07) is 12.6. The summed E-state index contributed by atoms with van der Waals surface area (Å²) in [4.78, 5) is 27.0. The Balaban J connectivity index is 2.24. The van der Waals surface area contributed by atoms with E-state index in [0.717, 1.165) is 5.56 Å². The molecule has 0 heterocycles. The molecule has 0 bridgehead atoms. The third kappa shape index (κ3) is 6.06. The zero-order chi connectivity index (χ0) is 20.7. The van der Waals surface area contributed by atoms with E-state index in [-0.39, 0.29) is 24.8 Å². The molecule has 28 heavy (non-hydrogen) atoms. The van der Waals surface area contributed by atoms with Crippen molar-refractivity contribution in [2.24, 2.45) is 5.92 Å². The van der Waals surface area contributed by atoms with Crippen LogP contribution < -0.4 is 5.32 Å². The van der Waals surface area contributed by atoms with Crippen LogP contribution in [-0.4, -0.2) is 29.3 Å². The molecule has 0 aliphatic heterocycles. The second-order valence-electron chi connectivity index (χ2n) is 7.20. The number of benzene rings is 2. The Morgan fingerprint density at radius 2 is 1.64 bits per heavy atom. The summed E-state index contributed by atoms with van der Waals surface area (Å²) in [5.74, 6) is -0.729. The van der Waals surface area contributed by atoms with Gasteiger partial charge in [0.15, 0.2) is 0 Å². The highest BCUT2D eigenvalue weighted by molar-refractivity contribution is 6.31. The van der Waals surface area contributed by atoms with E-state index in [9.17, 15) is 14.0 Å². The Morgan fingerprint density at radius 3 is 2.25 bits per heavy atom. The zero-order valence-corrected chi connectivity index (χ0v) is 17.2. The van der Waals surface area contributed by atoms with Crippen molar-refractivity contribution in [2.45, 2.75) is 39.8 Å². The van der Waals surface area contributed by atoms with Crippen LogP contribution in [0.15, 0.2) is 48.5 Å². The number of nitrogens with zero attached hydrogens (tertiary/aromatic N) is 1. The summed E-state index contributed by atoms with van der Waals surface area (Å²) in [7, 11) is 0. The molecule has 6 heteroatoms. The number of carbonyl (C=O) groups excluding carboxylic acids is 2. The van der Waals surface area contributed by atoms with Crippen molar-refractivity contribution >= 4 is 23.4 Å². The van der Waals surface area contributed by atoms with Crippen molar-refractivity contribution in [3.8, 4) is 0 Å². The van der Waals surface area contributed by atoms with Gasteiger partial charge in [-0.05, 0) is 36.1 Å². The lowest BCUT2D eigenvalue weighted by molar-refractivity contribution is -0.140. The van der Waals surface area contributed by atoms with E-state index in [1.807, 2.05) is 26.0 Å². The lowest BCUT2D eigenvalue weighted by Crippen LogP contribution is -2.48. The number of amides is 2. The number of hydrogen-bond donors (Lipinski definition) is 1. The van der Waals surface area contributed by atoms with Gasteiger partial charge >= 0.3 is 0 Å². The summed E-state index contributed by atoms with van der Waals surface area (Å²) < 4.78 is 14.0. The lowest BCUT2D eigenvalue weighted by atomic mass is 10.1. The molecule has 2 rings (SSSR count). The smallest absolute Gasteiger partial charge is 0.242 e. The first-order valence-electron chi connectivity index (χ1n) is 9.33. The quantitative estimate of drug-likeness (QED) is 0.716. The lowest BCUT2D eigenvalue weighted by Gasteiger charge is -2.29. The van der Waals surface area contributed by atoms with E-state index in [0.29, 0.717) is 23.0 Å². The monoisotopic (exact) mass is 404 g/mol. The Kier molecular flexibility index (Phi) is 8.00. The summed E-state index contributed by atoms with van der Waals surface area (Å²) in [6.07, 6.45) is -0.126. The zero-order valence-electron chi connectivity index (χ0n) is 16.4. The van der Waals surface area contributed by atoms with E-state index in [4.69, 9.17) is 11.6 Å². The third-order valence-corrected chi connectivity index (χ3v) is 4.82. The SMILES string of the molecule is CC(C)CNC(=O)C(C)N(Cc1ccccc1Cl)C(=O)Cc1ccccc1F. The highest BCUT2D eigenvalue weighted by Gasteiger charge is 2.27.